The highest BCUT2D eigenvalue weighted by Gasteiger charge is 2.06. The lowest BCUT2D eigenvalue weighted by atomic mass is 10.3. The van der Waals surface area contributed by atoms with Gasteiger partial charge >= 0.3 is 0 Å². The molecule has 3 nitrogen and oxygen atoms in total. The minimum atomic E-state index is -0.0815. The average molecular weight is 322 g/mol. The molecule has 2 rings (SSSR count). The molecule has 0 aliphatic heterocycles. The summed E-state index contributed by atoms with van der Waals surface area (Å²) in [7, 11) is 0. The van der Waals surface area contributed by atoms with E-state index >= 15 is 0 Å². The third-order valence-corrected chi connectivity index (χ3v) is 3.99. The van der Waals surface area contributed by atoms with Crippen LogP contribution >= 0.6 is 23.4 Å². The highest BCUT2D eigenvalue weighted by molar-refractivity contribution is 8.00. The highest BCUT2D eigenvalue weighted by Crippen LogP contribution is 2.23. The van der Waals surface area contributed by atoms with E-state index in [4.69, 9.17) is 16.3 Å². The quantitative estimate of drug-likeness (QED) is 0.798. The second kappa shape index (κ2) is 7.96. The molecule has 0 bridgehead atoms. The maximum absolute atomic E-state index is 11.9. The zero-order valence-corrected chi connectivity index (χ0v) is 13.2. The van der Waals surface area contributed by atoms with Crippen LogP contribution < -0.4 is 10.1 Å². The molecule has 1 N–H and O–H groups in total. The second-order valence-electron chi connectivity index (χ2n) is 4.22. The number of halogens is 1. The smallest absolute Gasteiger partial charge is 0.234 e. The van der Waals surface area contributed by atoms with E-state index in [1.54, 1.807) is 12.1 Å². The van der Waals surface area contributed by atoms with Crippen LogP contribution in [-0.2, 0) is 4.79 Å². The molecule has 0 atom stereocenters. The lowest BCUT2D eigenvalue weighted by Gasteiger charge is -2.07. The summed E-state index contributed by atoms with van der Waals surface area (Å²) in [4.78, 5) is 12.9. The minimum Gasteiger partial charge on any atom is -0.494 e. The van der Waals surface area contributed by atoms with Crippen molar-refractivity contribution in [2.75, 3.05) is 17.7 Å². The van der Waals surface area contributed by atoms with Crippen molar-refractivity contribution < 1.29 is 9.53 Å². The van der Waals surface area contributed by atoms with Gasteiger partial charge in [0.15, 0.2) is 0 Å². The molecule has 0 radical (unpaired) electrons. The molecule has 0 saturated carbocycles. The summed E-state index contributed by atoms with van der Waals surface area (Å²) < 4.78 is 5.38. The summed E-state index contributed by atoms with van der Waals surface area (Å²) in [6, 6.07) is 14.9. The summed E-state index contributed by atoms with van der Waals surface area (Å²) in [6.45, 7) is 2.59. The number of hydrogen-bond donors (Lipinski definition) is 1. The maximum Gasteiger partial charge on any atom is 0.234 e. The number of rotatable bonds is 6. The predicted molar refractivity (Wildman–Crippen MR) is 88.4 cm³/mol. The number of amides is 1. The van der Waals surface area contributed by atoms with E-state index in [1.165, 1.54) is 11.8 Å². The SMILES string of the molecule is CCOc1ccc(SCC(=O)Nc2ccccc2Cl)cc1. The van der Waals surface area contributed by atoms with Gasteiger partial charge in [-0.1, -0.05) is 23.7 Å². The van der Waals surface area contributed by atoms with Crippen molar-refractivity contribution in [2.24, 2.45) is 0 Å². The first-order valence-electron chi connectivity index (χ1n) is 6.59. The van der Waals surface area contributed by atoms with E-state index in [-0.39, 0.29) is 5.91 Å². The van der Waals surface area contributed by atoms with Crippen molar-refractivity contribution in [2.45, 2.75) is 11.8 Å². The molecule has 21 heavy (non-hydrogen) atoms. The van der Waals surface area contributed by atoms with E-state index in [1.807, 2.05) is 43.3 Å². The normalized spacial score (nSPS) is 10.2. The second-order valence-corrected chi connectivity index (χ2v) is 5.68. The number of thioether (sulfide) groups is 1. The summed E-state index contributed by atoms with van der Waals surface area (Å²) in [6.07, 6.45) is 0. The van der Waals surface area contributed by atoms with Crippen LogP contribution in [0.5, 0.6) is 5.75 Å². The van der Waals surface area contributed by atoms with Crippen molar-refractivity contribution in [3.63, 3.8) is 0 Å². The number of nitrogens with one attached hydrogen (secondary N) is 1. The van der Waals surface area contributed by atoms with Gasteiger partial charge < -0.3 is 10.1 Å². The van der Waals surface area contributed by atoms with E-state index in [9.17, 15) is 4.79 Å². The first kappa shape index (κ1) is 15.7. The first-order chi connectivity index (χ1) is 10.2. The van der Waals surface area contributed by atoms with Gasteiger partial charge in [0.05, 0.1) is 23.1 Å². The number of benzene rings is 2. The van der Waals surface area contributed by atoms with E-state index in [0.29, 0.717) is 23.1 Å². The lowest BCUT2D eigenvalue weighted by Crippen LogP contribution is -2.14. The molecule has 2 aromatic carbocycles. The van der Waals surface area contributed by atoms with Crippen LogP contribution in [0, 0.1) is 0 Å². The Bertz CT molecular complexity index is 601. The van der Waals surface area contributed by atoms with Crippen LogP contribution in [-0.4, -0.2) is 18.3 Å². The van der Waals surface area contributed by atoms with Crippen LogP contribution in [0.25, 0.3) is 0 Å². The van der Waals surface area contributed by atoms with Crippen molar-refractivity contribution in [1.82, 2.24) is 0 Å². The fourth-order valence-corrected chi connectivity index (χ4v) is 2.58. The fraction of sp³-hybridized carbons (Fsp3) is 0.188. The third-order valence-electron chi connectivity index (χ3n) is 2.65. The molecular formula is C16H16ClNO2S. The molecule has 0 spiro atoms. The molecule has 2 aromatic rings. The Kier molecular flexibility index (Phi) is 5.96. The van der Waals surface area contributed by atoms with Crippen LogP contribution in [0.1, 0.15) is 6.92 Å². The minimum absolute atomic E-state index is 0.0815. The third kappa shape index (κ3) is 4.99. The fourth-order valence-electron chi connectivity index (χ4n) is 1.70. The van der Waals surface area contributed by atoms with E-state index in [0.717, 1.165) is 10.6 Å². The van der Waals surface area contributed by atoms with Crippen LogP contribution in [0.2, 0.25) is 5.02 Å². The van der Waals surface area contributed by atoms with Crippen molar-refractivity contribution >= 4 is 35.0 Å². The van der Waals surface area contributed by atoms with Gasteiger partial charge in [0, 0.05) is 4.90 Å². The van der Waals surface area contributed by atoms with Gasteiger partial charge in [-0.3, -0.25) is 4.79 Å². The Labute approximate surface area is 133 Å². The molecule has 0 aliphatic rings. The zero-order valence-electron chi connectivity index (χ0n) is 11.6. The average Bonchev–Trinajstić information content (AvgIpc) is 2.49. The van der Waals surface area contributed by atoms with Crippen LogP contribution in [0.15, 0.2) is 53.4 Å². The Morgan fingerprint density at radius 3 is 2.57 bits per heavy atom. The number of ether oxygens (including phenoxy) is 1. The van der Waals surface area contributed by atoms with Gasteiger partial charge in [0.2, 0.25) is 5.91 Å². The Hall–Kier alpha value is -1.65. The Morgan fingerprint density at radius 1 is 1.19 bits per heavy atom. The van der Waals surface area contributed by atoms with Gasteiger partial charge in [-0.05, 0) is 43.3 Å². The molecule has 0 heterocycles. The Balaban J connectivity index is 1.85. The number of para-hydroxylation sites is 1. The molecular weight excluding hydrogens is 306 g/mol. The van der Waals surface area contributed by atoms with Gasteiger partial charge in [0.25, 0.3) is 0 Å². The molecule has 0 aliphatic carbocycles. The summed E-state index contributed by atoms with van der Waals surface area (Å²) >= 11 is 7.47. The lowest BCUT2D eigenvalue weighted by molar-refractivity contribution is -0.113. The van der Waals surface area contributed by atoms with Crippen LogP contribution in [0.3, 0.4) is 0 Å². The summed E-state index contributed by atoms with van der Waals surface area (Å²) in [5, 5.41) is 3.33. The van der Waals surface area contributed by atoms with Crippen molar-refractivity contribution in [3.8, 4) is 5.75 Å². The number of anilines is 1. The molecule has 0 unspecified atom stereocenters. The standard InChI is InChI=1S/C16H16ClNO2S/c1-2-20-12-7-9-13(10-8-12)21-11-16(19)18-15-6-4-3-5-14(15)17/h3-10H,2,11H2,1H3,(H,18,19). The molecule has 0 saturated heterocycles. The van der Waals surface area contributed by atoms with Gasteiger partial charge in [-0.2, -0.15) is 0 Å². The number of hydrogen-bond acceptors (Lipinski definition) is 3. The predicted octanol–water partition coefficient (Wildman–Crippen LogP) is 4.47. The molecule has 0 fully saturated rings. The van der Waals surface area contributed by atoms with Crippen molar-refractivity contribution in [3.05, 3.63) is 53.6 Å². The Morgan fingerprint density at radius 2 is 1.90 bits per heavy atom. The highest BCUT2D eigenvalue weighted by atomic mass is 35.5. The largest absolute Gasteiger partial charge is 0.494 e. The van der Waals surface area contributed by atoms with Gasteiger partial charge in [-0.25, -0.2) is 0 Å². The van der Waals surface area contributed by atoms with E-state index in [2.05, 4.69) is 5.32 Å². The zero-order chi connectivity index (χ0) is 15.1. The molecule has 0 aromatic heterocycles. The van der Waals surface area contributed by atoms with E-state index < -0.39 is 0 Å². The number of carbonyl (C=O) groups excluding carboxylic acids is 1. The first-order valence-corrected chi connectivity index (χ1v) is 7.95. The maximum atomic E-state index is 11.9. The van der Waals surface area contributed by atoms with Gasteiger partial charge in [-0.15, -0.1) is 11.8 Å². The van der Waals surface area contributed by atoms with Crippen LogP contribution in [0.4, 0.5) is 5.69 Å². The molecule has 1 amide bonds. The molecule has 110 valence electrons. The summed E-state index contributed by atoms with van der Waals surface area (Å²) in [5.41, 5.74) is 0.636. The monoisotopic (exact) mass is 321 g/mol. The number of carbonyl (C=O) groups is 1. The molecule has 5 heteroatoms. The van der Waals surface area contributed by atoms with Crippen molar-refractivity contribution in [1.29, 1.82) is 0 Å². The summed E-state index contributed by atoms with van der Waals surface area (Å²) in [5.74, 6) is 1.09. The topological polar surface area (TPSA) is 38.3 Å². The van der Waals surface area contributed by atoms with Gasteiger partial charge in [0.1, 0.15) is 5.75 Å².